The lowest BCUT2D eigenvalue weighted by Crippen LogP contribution is -2.25. The van der Waals surface area contributed by atoms with E-state index in [4.69, 9.17) is 4.52 Å². The van der Waals surface area contributed by atoms with Gasteiger partial charge in [-0.3, -0.25) is 4.90 Å². The van der Waals surface area contributed by atoms with Crippen molar-refractivity contribution in [3.63, 3.8) is 0 Å². The molecular weight excluding hydrogens is 183 g/mol. The van der Waals surface area contributed by atoms with Crippen molar-refractivity contribution < 1.29 is 8.91 Å². The second-order valence-corrected chi connectivity index (χ2v) is 3.75. The van der Waals surface area contributed by atoms with Crippen LogP contribution in [0.3, 0.4) is 0 Å². The van der Waals surface area contributed by atoms with Crippen molar-refractivity contribution in [3.05, 3.63) is 17.5 Å². The van der Waals surface area contributed by atoms with Gasteiger partial charge in [0.15, 0.2) is 5.76 Å². The molecule has 1 aromatic rings. The zero-order valence-electron chi connectivity index (χ0n) is 8.37. The van der Waals surface area contributed by atoms with Gasteiger partial charge < -0.3 is 4.52 Å². The topological polar surface area (TPSA) is 29.3 Å². The highest BCUT2D eigenvalue weighted by Crippen LogP contribution is 2.31. The number of hydrogen-bond acceptors (Lipinski definition) is 3. The maximum Gasteiger partial charge on any atom is 0.154 e. The summed E-state index contributed by atoms with van der Waals surface area (Å²) in [7, 11) is 0. The molecule has 1 aromatic heterocycles. The van der Waals surface area contributed by atoms with Gasteiger partial charge in [0.1, 0.15) is 6.67 Å². The molecule has 0 aliphatic carbocycles. The molecule has 3 nitrogen and oxygen atoms in total. The lowest BCUT2D eigenvalue weighted by molar-refractivity contribution is 0.199. The second kappa shape index (κ2) is 4.09. The summed E-state index contributed by atoms with van der Waals surface area (Å²) in [6.07, 6.45) is 2.17. The van der Waals surface area contributed by atoms with Crippen molar-refractivity contribution >= 4 is 0 Å². The fourth-order valence-electron chi connectivity index (χ4n) is 2.06. The monoisotopic (exact) mass is 198 g/mol. The molecule has 1 aliphatic heterocycles. The molecule has 14 heavy (non-hydrogen) atoms. The number of rotatable bonds is 3. The Kier molecular flexibility index (Phi) is 2.82. The first kappa shape index (κ1) is 9.65. The predicted octanol–water partition coefficient (Wildman–Crippen LogP) is 2.09. The minimum Gasteiger partial charge on any atom is -0.359 e. The smallest absolute Gasteiger partial charge is 0.154 e. The number of likely N-dealkylation sites (tertiary alicyclic amines) is 1. The van der Waals surface area contributed by atoms with Crippen LogP contribution in [0.15, 0.2) is 10.6 Å². The first-order valence-corrected chi connectivity index (χ1v) is 5.04. The minimum absolute atomic E-state index is 0.243. The van der Waals surface area contributed by atoms with Crippen LogP contribution in [0.2, 0.25) is 0 Å². The number of aryl methyl sites for hydroxylation is 1. The lowest BCUT2D eigenvalue weighted by Gasteiger charge is -2.20. The van der Waals surface area contributed by atoms with Crippen molar-refractivity contribution in [2.75, 3.05) is 19.8 Å². The molecule has 1 atom stereocenters. The van der Waals surface area contributed by atoms with Gasteiger partial charge in [0, 0.05) is 12.6 Å². The van der Waals surface area contributed by atoms with Crippen LogP contribution >= 0.6 is 0 Å². The highest BCUT2D eigenvalue weighted by atomic mass is 19.1. The lowest BCUT2D eigenvalue weighted by atomic mass is 10.1. The van der Waals surface area contributed by atoms with E-state index in [2.05, 4.69) is 10.1 Å². The van der Waals surface area contributed by atoms with Crippen LogP contribution in [-0.4, -0.2) is 29.8 Å². The van der Waals surface area contributed by atoms with Crippen LogP contribution in [0.25, 0.3) is 0 Å². The molecule has 1 fully saturated rings. The molecule has 2 heterocycles. The number of nitrogens with zero attached hydrogens (tertiary/aromatic N) is 2. The highest BCUT2D eigenvalue weighted by molar-refractivity contribution is 5.09. The predicted molar refractivity (Wildman–Crippen MR) is 50.8 cm³/mol. The van der Waals surface area contributed by atoms with Gasteiger partial charge in [0.25, 0.3) is 0 Å². The fraction of sp³-hybridized carbons (Fsp3) is 0.700. The zero-order valence-corrected chi connectivity index (χ0v) is 8.37. The molecule has 0 unspecified atom stereocenters. The molecule has 1 aliphatic rings. The van der Waals surface area contributed by atoms with Crippen molar-refractivity contribution in [2.24, 2.45) is 0 Å². The van der Waals surface area contributed by atoms with E-state index in [1.165, 1.54) is 0 Å². The molecule has 2 rings (SSSR count). The number of aromatic nitrogens is 1. The van der Waals surface area contributed by atoms with Crippen LogP contribution in [0.4, 0.5) is 4.39 Å². The van der Waals surface area contributed by atoms with E-state index in [-0.39, 0.29) is 12.7 Å². The molecule has 78 valence electrons. The van der Waals surface area contributed by atoms with E-state index in [0.29, 0.717) is 6.54 Å². The third-order valence-electron chi connectivity index (χ3n) is 2.71. The Labute approximate surface area is 82.9 Å². The maximum atomic E-state index is 12.3. The van der Waals surface area contributed by atoms with Crippen molar-refractivity contribution in [2.45, 2.75) is 25.8 Å². The van der Waals surface area contributed by atoms with Crippen molar-refractivity contribution in [1.29, 1.82) is 0 Å². The van der Waals surface area contributed by atoms with Crippen LogP contribution < -0.4 is 0 Å². The highest BCUT2D eigenvalue weighted by Gasteiger charge is 2.28. The molecule has 0 N–H and O–H groups in total. The minimum atomic E-state index is -0.288. The standard InChI is InChI=1S/C10H15FN2O/c1-8-7-10(14-12-8)9-3-2-5-13(9)6-4-11/h7,9H,2-6H2,1H3/t9-/m0/s1. The Morgan fingerprint density at radius 1 is 1.71 bits per heavy atom. The summed E-state index contributed by atoms with van der Waals surface area (Å²) in [4.78, 5) is 2.12. The van der Waals surface area contributed by atoms with E-state index >= 15 is 0 Å². The first-order valence-electron chi connectivity index (χ1n) is 5.04. The maximum absolute atomic E-state index is 12.3. The molecule has 1 saturated heterocycles. The van der Waals surface area contributed by atoms with Crippen LogP contribution in [-0.2, 0) is 0 Å². The summed E-state index contributed by atoms with van der Waals surface area (Å²) in [5.41, 5.74) is 0.895. The molecule has 0 aromatic carbocycles. The van der Waals surface area contributed by atoms with Gasteiger partial charge in [-0.25, -0.2) is 4.39 Å². The second-order valence-electron chi connectivity index (χ2n) is 3.75. The summed E-state index contributed by atoms with van der Waals surface area (Å²) in [5, 5.41) is 3.86. The Hall–Kier alpha value is -0.900. The first-order chi connectivity index (χ1) is 6.81. The van der Waals surface area contributed by atoms with E-state index in [1.54, 1.807) is 0 Å². The zero-order chi connectivity index (χ0) is 9.97. The average molecular weight is 198 g/mol. The summed E-state index contributed by atoms with van der Waals surface area (Å²) >= 11 is 0. The molecule has 0 radical (unpaired) electrons. The van der Waals surface area contributed by atoms with Gasteiger partial charge in [-0.05, 0) is 26.3 Å². The largest absolute Gasteiger partial charge is 0.359 e. The summed E-state index contributed by atoms with van der Waals surface area (Å²) in [6.45, 7) is 3.09. The summed E-state index contributed by atoms with van der Waals surface area (Å²) < 4.78 is 17.5. The summed E-state index contributed by atoms with van der Waals surface area (Å²) in [5.74, 6) is 0.883. The van der Waals surface area contributed by atoms with E-state index in [0.717, 1.165) is 30.8 Å². The molecule has 0 spiro atoms. The van der Waals surface area contributed by atoms with Gasteiger partial charge in [-0.2, -0.15) is 0 Å². The third-order valence-corrected chi connectivity index (χ3v) is 2.71. The number of halogens is 1. The Morgan fingerprint density at radius 2 is 2.57 bits per heavy atom. The Bertz CT molecular complexity index is 300. The van der Waals surface area contributed by atoms with E-state index in [9.17, 15) is 4.39 Å². The molecular formula is C10H15FN2O. The Balaban J connectivity index is 2.09. The molecule has 0 amide bonds. The molecule has 0 bridgehead atoms. The average Bonchev–Trinajstić information content (AvgIpc) is 2.74. The van der Waals surface area contributed by atoms with E-state index in [1.807, 2.05) is 13.0 Å². The van der Waals surface area contributed by atoms with Gasteiger partial charge in [0.05, 0.1) is 11.7 Å². The molecule has 4 heteroatoms. The molecule has 0 saturated carbocycles. The van der Waals surface area contributed by atoms with Gasteiger partial charge in [-0.15, -0.1) is 0 Å². The third kappa shape index (κ3) is 1.80. The van der Waals surface area contributed by atoms with Crippen LogP contribution in [0, 0.1) is 6.92 Å². The van der Waals surface area contributed by atoms with E-state index < -0.39 is 0 Å². The van der Waals surface area contributed by atoms with Crippen LogP contribution in [0.5, 0.6) is 0 Å². The van der Waals surface area contributed by atoms with Crippen LogP contribution in [0.1, 0.15) is 30.3 Å². The fourth-order valence-corrected chi connectivity index (χ4v) is 2.06. The van der Waals surface area contributed by atoms with Gasteiger partial charge in [0.2, 0.25) is 0 Å². The number of hydrogen-bond donors (Lipinski definition) is 0. The Morgan fingerprint density at radius 3 is 3.21 bits per heavy atom. The van der Waals surface area contributed by atoms with Gasteiger partial charge in [-0.1, -0.05) is 5.16 Å². The number of alkyl halides is 1. The SMILES string of the molecule is Cc1cc([C@@H]2CCCN2CCF)on1. The normalized spacial score (nSPS) is 23.1. The quantitative estimate of drug-likeness (QED) is 0.744. The summed E-state index contributed by atoms with van der Waals surface area (Å²) in [6, 6.07) is 2.19. The van der Waals surface area contributed by atoms with Gasteiger partial charge >= 0.3 is 0 Å². The van der Waals surface area contributed by atoms with Crippen molar-refractivity contribution in [3.8, 4) is 0 Å². The van der Waals surface area contributed by atoms with Crippen molar-refractivity contribution in [1.82, 2.24) is 10.1 Å².